The standard InChI is InChI=1S/C19H21ClN4O3/c1-23-14-9-24(10-15(25)21-8-11-6-7-11)18(26)16(14)17(22-19(23)27)12-4-2-3-5-13(12)20/h2-5,11,17H,6-10H2,1H3,(H,21,25)(H,22,27)/t17-/m1/s1. The second-order valence-electron chi connectivity index (χ2n) is 7.23. The van der Waals surface area contributed by atoms with Gasteiger partial charge >= 0.3 is 6.03 Å². The molecule has 8 heteroatoms. The van der Waals surface area contributed by atoms with E-state index in [1.54, 1.807) is 25.2 Å². The molecule has 1 saturated carbocycles. The minimum atomic E-state index is -0.621. The van der Waals surface area contributed by atoms with Crippen LogP contribution in [0.4, 0.5) is 4.79 Å². The van der Waals surface area contributed by atoms with Gasteiger partial charge in [-0.15, -0.1) is 0 Å². The fourth-order valence-electron chi connectivity index (χ4n) is 3.50. The number of benzene rings is 1. The summed E-state index contributed by atoms with van der Waals surface area (Å²) in [6.07, 6.45) is 2.30. The van der Waals surface area contributed by atoms with E-state index in [9.17, 15) is 14.4 Å². The molecule has 1 aromatic rings. The van der Waals surface area contributed by atoms with Crippen molar-refractivity contribution in [1.29, 1.82) is 0 Å². The zero-order valence-corrected chi connectivity index (χ0v) is 15.8. The van der Waals surface area contributed by atoms with E-state index >= 15 is 0 Å². The number of hydrogen-bond acceptors (Lipinski definition) is 3. The maximum atomic E-state index is 13.0. The molecule has 0 saturated heterocycles. The third-order valence-electron chi connectivity index (χ3n) is 5.27. The normalized spacial score (nSPS) is 22.1. The largest absolute Gasteiger partial charge is 0.354 e. The van der Waals surface area contributed by atoms with Gasteiger partial charge in [0.15, 0.2) is 0 Å². The highest BCUT2D eigenvalue weighted by Crippen LogP contribution is 2.37. The first-order valence-corrected chi connectivity index (χ1v) is 9.41. The smallest absolute Gasteiger partial charge is 0.322 e. The van der Waals surface area contributed by atoms with Gasteiger partial charge in [-0.25, -0.2) is 4.79 Å². The molecule has 142 valence electrons. The van der Waals surface area contributed by atoms with Crippen LogP contribution in [0, 0.1) is 5.92 Å². The first-order chi connectivity index (χ1) is 13.0. The lowest BCUT2D eigenvalue weighted by atomic mass is 9.96. The van der Waals surface area contributed by atoms with Crippen molar-refractivity contribution in [2.24, 2.45) is 5.92 Å². The maximum Gasteiger partial charge on any atom is 0.322 e. The van der Waals surface area contributed by atoms with Crippen molar-refractivity contribution in [3.05, 3.63) is 46.1 Å². The number of hydrogen-bond donors (Lipinski definition) is 2. The molecule has 4 amide bonds. The van der Waals surface area contributed by atoms with Crippen LogP contribution >= 0.6 is 11.6 Å². The number of carbonyl (C=O) groups excluding carboxylic acids is 3. The third-order valence-corrected chi connectivity index (χ3v) is 5.61. The lowest BCUT2D eigenvalue weighted by molar-refractivity contribution is -0.131. The van der Waals surface area contributed by atoms with Crippen molar-refractivity contribution in [3.8, 4) is 0 Å². The summed E-state index contributed by atoms with van der Waals surface area (Å²) in [5.74, 6) is 0.154. The van der Waals surface area contributed by atoms with Gasteiger partial charge in [-0.1, -0.05) is 29.8 Å². The fourth-order valence-corrected chi connectivity index (χ4v) is 3.75. The highest BCUT2D eigenvalue weighted by atomic mass is 35.5. The van der Waals surface area contributed by atoms with E-state index in [1.165, 1.54) is 9.80 Å². The van der Waals surface area contributed by atoms with Crippen LogP contribution in [0.1, 0.15) is 24.4 Å². The Kier molecular flexibility index (Phi) is 4.55. The average molecular weight is 389 g/mol. The summed E-state index contributed by atoms with van der Waals surface area (Å²) in [5, 5.41) is 6.20. The fraction of sp³-hybridized carbons (Fsp3) is 0.421. The number of carbonyl (C=O) groups is 3. The van der Waals surface area contributed by atoms with Gasteiger partial charge in [0.25, 0.3) is 5.91 Å². The monoisotopic (exact) mass is 388 g/mol. The Bertz CT molecular complexity index is 849. The van der Waals surface area contributed by atoms with Crippen LogP contribution < -0.4 is 10.6 Å². The summed E-state index contributed by atoms with van der Waals surface area (Å²) in [7, 11) is 1.62. The predicted molar refractivity (Wildman–Crippen MR) is 99.8 cm³/mol. The van der Waals surface area contributed by atoms with Gasteiger partial charge in [0.05, 0.1) is 23.9 Å². The molecular formula is C19H21ClN4O3. The summed E-state index contributed by atoms with van der Waals surface area (Å²) < 4.78 is 0. The summed E-state index contributed by atoms with van der Waals surface area (Å²) >= 11 is 6.30. The molecule has 0 bridgehead atoms. The predicted octanol–water partition coefficient (Wildman–Crippen LogP) is 1.66. The van der Waals surface area contributed by atoms with Crippen molar-refractivity contribution in [2.75, 3.05) is 26.7 Å². The third kappa shape index (κ3) is 3.39. The number of urea groups is 1. The second kappa shape index (κ2) is 6.88. The molecule has 2 heterocycles. The first kappa shape index (κ1) is 17.9. The molecule has 3 aliphatic rings. The molecule has 0 spiro atoms. The van der Waals surface area contributed by atoms with Crippen LogP contribution in [-0.2, 0) is 9.59 Å². The number of nitrogens with one attached hydrogen (secondary N) is 2. The minimum absolute atomic E-state index is 0.0180. The van der Waals surface area contributed by atoms with Gasteiger partial charge < -0.3 is 15.5 Å². The summed E-state index contributed by atoms with van der Waals surface area (Å²) in [6, 6.07) is 6.21. The molecule has 1 atom stereocenters. The van der Waals surface area contributed by atoms with Crippen LogP contribution in [0.15, 0.2) is 35.5 Å². The molecule has 2 N–H and O–H groups in total. The molecule has 2 aliphatic heterocycles. The highest BCUT2D eigenvalue weighted by Gasteiger charge is 2.43. The van der Waals surface area contributed by atoms with Crippen molar-refractivity contribution < 1.29 is 14.4 Å². The van der Waals surface area contributed by atoms with Gasteiger partial charge in [-0.05, 0) is 30.4 Å². The number of nitrogens with zero attached hydrogens (tertiary/aromatic N) is 2. The SMILES string of the molecule is CN1C(=O)N[C@H](c2ccccc2Cl)C2=C1CN(CC(=O)NCC1CC1)C2=O. The molecule has 1 aliphatic carbocycles. The average Bonchev–Trinajstić information content (AvgIpc) is 3.42. The zero-order chi connectivity index (χ0) is 19.1. The highest BCUT2D eigenvalue weighted by molar-refractivity contribution is 6.31. The molecule has 27 heavy (non-hydrogen) atoms. The molecular weight excluding hydrogens is 368 g/mol. The summed E-state index contributed by atoms with van der Waals surface area (Å²) in [4.78, 5) is 40.5. The molecule has 1 fully saturated rings. The number of rotatable bonds is 5. The Morgan fingerprint density at radius 1 is 1.30 bits per heavy atom. The minimum Gasteiger partial charge on any atom is -0.354 e. The van der Waals surface area contributed by atoms with Gasteiger partial charge in [-0.2, -0.15) is 0 Å². The Morgan fingerprint density at radius 2 is 2.04 bits per heavy atom. The lowest BCUT2D eigenvalue weighted by Gasteiger charge is -2.31. The summed E-state index contributed by atoms with van der Waals surface area (Å²) in [6.45, 7) is 0.877. The molecule has 0 radical (unpaired) electrons. The Balaban J connectivity index is 1.56. The van der Waals surface area contributed by atoms with Crippen molar-refractivity contribution in [3.63, 3.8) is 0 Å². The van der Waals surface area contributed by atoms with Crippen LogP contribution in [-0.4, -0.2) is 54.3 Å². The van der Waals surface area contributed by atoms with Gasteiger partial charge in [0.1, 0.15) is 6.54 Å². The van der Waals surface area contributed by atoms with Crippen LogP contribution in [0.3, 0.4) is 0 Å². The maximum absolute atomic E-state index is 13.0. The Morgan fingerprint density at radius 3 is 2.74 bits per heavy atom. The van der Waals surface area contributed by atoms with E-state index in [-0.39, 0.29) is 30.9 Å². The van der Waals surface area contributed by atoms with Crippen molar-refractivity contribution in [2.45, 2.75) is 18.9 Å². The quantitative estimate of drug-likeness (QED) is 0.804. The van der Waals surface area contributed by atoms with Crippen molar-refractivity contribution >= 4 is 29.4 Å². The molecule has 4 rings (SSSR count). The van der Waals surface area contributed by atoms with Crippen LogP contribution in [0.5, 0.6) is 0 Å². The first-order valence-electron chi connectivity index (χ1n) is 9.03. The van der Waals surface area contributed by atoms with E-state index < -0.39 is 6.04 Å². The zero-order valence-electron chi connectivity index (χ0n) is 15.0. The number of halogens is 1. The topological polar surface area (TPSA) is 81.8 Å². The summed E-state index contributed by atoms with van der Waals surface area (Å²) in [5.41, 5.74) is 1.75. The Hall–Kier alpha value is -2.54. The van der Waals surface area contributed by atoms with E-state index in [1.807, 2.05) is 6.07 Å². The van der Waals surface area contributed by atoms with Gasteiger partial charge in [-0.3, -0.25) is 14.5 Å². The van der Waals surface area contributed by atoms with E-state index in [2.05, 4.69) is 10.6 Å². The molecule has 0 unspecified atom stereocenters. The van der Waals surface area contributed by atoms with E-state index in [4.69, 9.17) is 11.6 Å². The van der Waals surface area contributed by atoms with Gasteiger partial charge in [0, 0.05) is 18.6 Å². The van der Waals surface area contributed by atoms with Crippen LogP contribution in [0.2, 0.25) is 5.02 Å². The van der Waals surface area contributed by atoms with Crippen LogP contribution in [0.25, 0.3) is 0 Å². The number of amides is 4. The Labute approximate surface area is 162 Å². The molecule has 7 nitrogen and oxygen atoms in total. The second-order valence-corrected chi connectivity index (χ2v) is 7.64. The number of likely N-dealkylation sites (N-methyl/N-ethyl adjacent to an activating group) is 1. The van der Waals surface area contributed by atoms with Crippen molar-refractivity contribution in [1.82, 2.24) is 20.4 Å². The van der Waals surface area contributed by atoms with E-state index in [0.29, 0.717) is 34.3 Å². The molecule has 0 aromatic heterocycles. The van der Waals surface area contributed by atoms with E-state index in [0.717, 1.165) is 12.8 Å². The van der Waals surface area contributed by atoms with Gasteiger partial charge in [0.2, 0.25) is 5.91 Å². The molecule has 1 aromatic carbocycles. The lowest BCUT2D eigenvalue weighted by Crippen LogP contribution is -2.45.